The van der Waals surface area contributed by atoms with Crippen molar-refractivity contribution in [1.82, 2.24) is 4.90 Å². The fourth-order valence-corrected chi connectivity index (χ4v) is 6.71. The summed E-state index contributed by atoms with van der Waals surface area (Å²) in [5.74, 6) is 3.10. The molecule has 28 heavy (non-hydrogen) atoms. The average Bonchev–Trinajstić information content (AvgIpc) is 3.51. The molecule has 2 aromatic rings. The van der Waals surface area contributed by atoms with E-state index in [0.29, 0.717) is 17.9 Å². The van der Waals surface area contributed by atoms with E-state index in [1.165, 1.54) is 36.1 Å². The molecule has 2 saturated carbocycles. The molecule has 1 amide bonds. The minimum atomic E-state index is 0.227. The molecule has 0 aromatic heterocycles. The van der Waals surface area contributed by atoms with Crippen LogP contribution in [0.3, 0.4) is 0 Å². The van der Waals surface area contributed by atoms with Crippen LogP contribution in [0.5, 0.6) is 0 Å². The zero-order valence-electron chi connectivity index (χ0n) is 16.3. The van der Waals surface area contributed by atoms with Crippen molar-refractivity contribution in [2.24, 2.45) is 17.8 Å². The number of fused-ring (bicyclic) bond motifs is 7. The smallest absolute Gasteiger partial charge is 0.253 e. The zero-order chi connectivity index (χ0) is 18.7. The zero-order valence-corrected chi connectivity index (χ0v) is 16.3. The molecule has 144 valence electrons. The van der Waals surface area contributed by atoms with E-state index in [0.717, 1.165) is 43.3 Å². The fourth-order valence-electron chi connectivity index (χ4n) is 6.71. The van der Waals surface area contributed by atoms with Crippen molar-refractivity contribution >= 4 is 11.6 Å². The molecule has 3 nitrogen and oxygen atoms in total. The van der Waals surface area contributed by atoms with Crippen LogP contribution in [0.15, 0.2) is 48.5 Å². The maximum absolute atomic E-state index is 13.0. The first-order chi connectivity index (χ1) is 13.8. The van der Waals surface area contributed by atoms with Gasteiger partial charge in [0.2, 0.25) is 0 Å². The highest BCUT2D eigenvalue weighted by Gasteiger charge is 2.53. The lowest BCUT2D eigenvalue weighted by Crippen LogP contribution is -2.36. The van der Waals surface area contributed by atoms with Crippen LogP contribution in [-0.2, 0) is 0 Å². The second kappa shape index (κ2) is 6.37. The lowest BCUT2D eigenvalue weighted by molar-refractivity contribution is 0.0792. The van der Waals surface area contributed by atoms with Gasteiger partial charge in [-0.1, -0.05) is 30.3 Å². The molecule has 5 atom stereocenters. The van der Waals surface area contributed by atoms with Gasteiger partial charge in [0.05, 0.1) is 6.04 Å². The first-order valence-electron chi connectivity index (χ1n) is 11.0. The van der Waals surface area contributed by atoms with Crippen LogP contribution < -0.4 is 5.32 Å². The van der Waals surface area contributed by atoms with E-state index in [4.69, 9.17) is 0 Å². The number of nitrogens with zero attached hydrogens (tertiary/aromatic N) is 1. The van der Waals surface area contributed by atoms with Gasteiger partial charge in [0, 0.05) is 24.3 Å². The minimum absolute atomic E-state index is 0.227. The summed E-state index contributed by atoms with van der Waals surface area (Å²) in [6.45, 7) is 1.84. The van der Waals surface area contributed by atoms with Gasteiger partial charge < -0.3 is 10.2 Å². The predicted octanol–water partition coefficient (Wildman–Crippen LogP) is 5.22. The van der Waals surface area contributed by atoms with Crippen LogP contribution in [0.1, 0.15) is 65.5 Å². The predicted molar refractivity (Wildman–Crippen MR) is 111 cm³/mol. The lowest BCUT2D eigenvalue weighted by atomic mass is 9.68. The second-order valence-electron chi connectivity index (χ2n) is 9.27. The molecule has 2 aliphatic heterocycles. The van der Waals surface area contributed by atoms with Gasteiger partial charge in [0.25, 0.3) is 5.91 Å². The molecule has 3 fully saturated rings. The Kier molecular flexibility index (Phi) is 3.78. The highest BCUT2D eigenvalue weighted by Crippen LogP contribution is 2.63. The number of rotatable bonds is 2. The molecular formula is C25H28N2O. The maximum Gasteiger partial charge on any atom is 0.253 e. The molecule has 2 heterocycles. The van der Waals surface area contributed by atoms with Gasteiger partial charge in [0.1, 0.15) is 0 Å². The molecule has 6 rings (SSSR count). The highest BCUT2D eigenvalue weighted by atomic mass is 16.2. The van der Waals surface area contributed by atoms with Crippen molar-refractivity contribution in [3.63, 3.8) is 0 Å². The molecule has 2 aliphatic carbocycles. The molecule has 2 bridgehead atoms. The van der Waals surface area contributed by atoms with Gasteiger partial charge in [-0.05, 0) is 85.1 Å². The molecule has 0 radical (unpaired) electrons. The number of hydrogen-bond acceptors (Lipinski definition) is 2. The fraction of sp³-hybridized carbons (Fsp3) is 0.480. The van der Waals surface area contributed by atoms with Gasteiger partial charge in [-0.25, -0.2) is 0 Å². The van der Waals surface area contributed by atoms with E-state index in [1.54, 1.807) is 0 Å². The Morgan fingerprint density at radius 1 is 0.964 bits per heavy atom. The average molecular weight is 373 g/mol. The summed E-state index contributed by atoms with van der Waals surface area (Å²) in [4.78, 5) is 15.0. The monoisotopic (exact) mass is 372 g/mol. The van der Waals surface area contributed by atoms with Crippen molar-refractivity contribution < 1.29 is 4.79 Å². The number of anilines is 1. The number of carbonyl (C=O) groups excluding carboxylic acids is 1. The van der Waals surface area contributed by atoms with E-state index in [9.17, 15) is 4.79 Å². The lowest BCUT2D eigenvalue weighted by Gasteiger charge is -2.43. The normalized spacial score (nSPS) is 32.7. The van der Waals surface area contributed by atoms with Crippen LogP contribution in [0.4, 0.5) is 5.69 Å². The van der Waals surface area contributed by atoms with Gasteiger partial charge in [-0.15, -0.1) is 0 Å². The van der Waals surface area contributed by atoms with Gasteiger partial charge in [-0.3, -0.25) is 4.79 Å². The quantitative estimate of drug-likeness (QED) is 0.784. The first kappa shape index (κ1) is 16.6. The Labute approximate surface area is 167 Å². The first-order valence-corrected chi connectivity index (χ1v) is 11.0. The van der Waals surface area contributed by atoms with E-state index in [-0.39, 0.29) is 5.91 Å². The van der Waals surface area contributed by atoms with Crippen molar-refractivity contribution in [2.75, 3.05) is 18.4 Å². The Morgan fingerprint density at radius 3 is 2.57 bits per heavy atom. The Balaban J connectivity index is 1.41. The number of likely N-dealkylation sites (tertiary alicyclic amines) is 1. The van der Waals surface area contributed by atoms with E-state index < -0.39 is 0 Å². The standard InChI is InChI=1S/C25H28N2O/c28-25(27-12-4-5-13-27)19-10-11-21-20(15-19)22-17-8-9-18(14-17)23(22)24(26-21)16-6-2-1-3-7-16/h1-3,6-7,10-11,15,17-18,22-24,26H,4-5,8-9,12-14H2/t17-,18-,22+,23-,24+/m0/s1. The number of carbonyl (C=O) groups is 1. The summed E-state index contributed by atoms with van der Waals surface area (Å²) in [6.07, 6.45) is 6.39. The number of hydrogen-bond donors (Lipinski definition) is 1. The van der Waals surface area contributed by atoms with Crippen LogP contribution in [0.2, 0.25) is 0 Å². The van der Waals surface area contributed by atoms with Crippen LogP contribution in [0.25, 0.3) is 0 Å². The van der Waals surface area contributed by atoms with Crippen LogP contribution >= 0.6 is 0 Å². The van der Waals surface area contributed by atoms with Gasteiger partial charge in [0.15, 0.2) is 0 Å². The molecule has 0 spiro atoms. The summed E-state index contributed by atoms with van der Waals surface area (Å²) in [7, 11) is 0. The number of amides is 1. The van der Waals surface area contributed by atoms with Gasteiger partial charge >= 0.3 is 0 Å². The van der Waals surface area contributed by atoms with E-state index >= 15 is 0 Å². The molecule has 4 aliphatic rings. The Hall–Kier alpha value is -2.29. The highest BCUT2D eigenvalue weighted by molar-refractivity contribution is 5.95. The molecular weight excluding hydrogens is 344 g/mol. The Bertz CT molecular complexity index is 902. The van der Waals surface area contributed by atoms with Crippen molar-refractivity contribution in [3.8, 4) is 0 Å². The van der Waals surface area contributed by atoms with Gasteiger partial charge in [-0.2, -0.15) is 0 Å². The summed E-state index contributed by atoms with van der Waals surface area (Å²) < 4.78 is 0. The molecule has 1 N–H and O–H groups in total. The van der Waals surface area contributed by atoms with Crippen molar-refractivity contribution in [2.45, 2.75) is 44.1 Å². The summed E-state index contributed by atoms with van der Waals surface area (Å²) in [5, 5.41) is 3.88. The summed E-state index contributed by atoms with van der Waals surface area (Å²) in [5.41, 5.74) is 4.96. The SMILES string of the molecule is O=C(c1ccc2c(c1)[C@H]1[C@H]3CC[C@@H](C3)[C@@H]1[C@@H](c1ccccc1)N2)N1CCCC1. The van der Waals surface area contributed by atoms with Crippen molar-refractivity contribution in [3.05, 3.63) is 65.2 Å². The Morgan fingerprint density at radius 2 is 1.75 bits per heavy atom. The second-order valence-corrected chi connectivity index (χ2v) is 9.27. The van der Waals surface area contributed by atoms with Crippen LogP contribution in [0, 0.1) is 17.8 Å². The van der Waals surface area contributed by atoms with E-state index in [2.05, 4.69) is 47.8 Å². The van der Waals surface area contributed by atoms with Crippen molar-refractivity contribution in [1.29, 1.82) is 0 Å². The maximum atomic E-state index is 13.0. The third-order valence-corrected chi connectivity index (χ3v) is 7.89. The minimum Gasteiger partial charge on any atom is -0.378 e. The molecule has 0 unspecified atom stereocenters. The largest absolute Gasteiger partial charge is 0.378 e. The topological polar surface area (TPSA) is 32.3 Å². The molecule has 1 saturated heterocycles. The third kappa shape index (κ3) is 2.45. The summed E-state index contributed by atoms with van der Waals surface area (Å²) >= 11 is 0. The third-order valence-electron chi connectivity index (χ3n) is 7.89. The molecule has 3 heteroatoms. The van der Waals surface area contributed by atoms with Crippen LogP contribution in [-0.4, -0.2) is 23.9 Å². The summed E-state index contributed by atoms with van der Waals surface area (Å²) in [6, 6.07) is 17.8. The number of nitrogens with one attached hydrogen (secondary N) is 1. The molecule has 2 aromatic carbocycles. The number of benzene rings is 2. The van der Waals surface area contributed by atoms with E-state index in [1.807, 2.05) is 11.0 Å².